The Labute approximate surface area is 161 Å². The van der Waals surface area contributed by atoms with Crippen LogP contribution in [0, 0.1) is 11.7 Å². The van der Waals surface area contributed by atoms with Gasteiger partial charge in [-0.25, -0.2) is 9.07 Å². The standard InChI is InChI=1S/C20H20FN5O2/c1-12-17(19(27)25-15-9-5-6-10-16(15)28-2)18(13-7-3-4-8-14(13)21)26-20(24-12)22-11-23-26/h3-12,17-18H,1-2H3,(H,25,27)(H,22,23,24)/t12-,17+,18-/m0/s1. The highest BCUT2D eigenvalue weighted by molar-refractivity contribution is 5.95. The van der Waals surface area contributed by atoms with E-state index in [4.69, 9.17) is 4.74 Å². The minimum absolute atomic E-state index is 0.265. The number of carbonyl (C=O) groups is 1. The molecule has 1 aromatic heterocycles. The van der Waals surface area contributed by atoms with Gasteiger partial charge in [0.1, 0.15) is 17.9 Å². The summed E-state index contributed by atoms with van der Waals surface area (Å²) in [6.07, 6.45) is 1.39. The van der Waals surface area contributed by atoms with Crippen LogP contribution >= 0.6 is 0 Å². The van der Waals surface area contributed by atoms with Crippen molar-refractivity contribution in [2.75, 3.05) is 17.7 Å². The molecule has 0 spiro atoms. The lowest BCUT2D eigenvalue weighted by Gasteiger charge is -2.37. The summed E-state index contributed by atoms with van der Waals surface area (Å²) in [4.78, 5) is 17.5. The topological polar surface area (TPSA) is 81.1 Å². The van der Waals surface area contributed by atoms with E-state index in [1.54, 1.807) is 42.1 Å². The van der Waals surface area contributed by atoms with Gasteiger partial charge >= 0.3 is 0 Å². The molecule has 0 aliphatic carbocycles. The molecule has 0 unspecified atom stereocenters. The smallest absolute Gasteiger partial charge is 0.232 e. The number of rotatable bonds is 4. The average Bonchev–Trinajstić information content (AvgIpc) is 3.16. The summed E-state index contributed by atoms with van der Waals surface area (Å²) < 4.78 is 21.5. The number of benzene rings is 2. The zero-order valence-corrected chi connectivity index (χ0v) is 15.5. The molecule has 1 aliphatic heterocycles. The van der Waals surface area contributed by atoms with Crippen molar-refractivity contribution in [2.45, 2.75) is 19.0 Å². The lowest BCUT2D eigenvalue weighted by molar-refractivity contribution is -0.121. The maximum absolute atomic E-state index is 14.7. The number of carbonyl (C=O) groups excluding carboxylic acids is 1. The number of amides is 1. The van der Waals surface area contributed by atoms with Crippen molar-refractivity contribution >= 4 is 17.5 Å². The SMILES string of the molecule is COc1ccccc1NC(=O)[C@@H]1[C@H](C)Nc2ncnn2[C@H]1c1ccccc1F. The summed E-state index contributed by atoms with van der Waals surface area (Å²) >= 11 is 0. The van der Waals surface area contributed by atoms with Crippen LogP contribution in [-0.2, 0) is 4.79 Å². The number of hydrogen-bond donors (Lipinski definition) is 2. The summed E-state index contributed by atoms with van der Waals surface area (Å²) in [5, 5.41) is 10.3. The van der Waals surface area contributed by atoms with E-state index in [-0.39, 0.29) is 11.9 Å². The van der Waals surface area contributed by atoms with Gasteiger partial charge in [-0.1, -0.05) is 30.3 Å². The van der Waals surface area contributed by atoms with Crippen molar-refractivity contribution in [3.05, 3.63) is 66.2 Å². The Hall–Kier alpha value is -3.42. The van der Waals surface area contributed by atoms with Crippen molar-refractivity contribution < 1.29 is 13.9 Å². The molecule has 1 aliphatic rings. The number of nitrogens with zero attached hydrogens (tertiary/aromatic N) is 3. The lowest BCUT2D eigenvalue weighted by atomic mass is 9.85. The third kappa shape index (κ3) is 3.06. The molecule has 3 atom stereocenters. The number of methoxy groups -OCH3 is 1. The zero-order valence-electron chi connectivity index (χ0n) is 15.5. The van der Waals surface area contributed by atoms with Crippen molar-refractivity contribution in [2.24, 2.45) is 5.92 Å². The molecular formula is C20H20FN5O2. The van der Waals surface area contributed by atoms with E-state index in [0.29, 0.717) is 22.9 Å². The molecule has 0 bridgehead atoms. The van der Waals surface area contributed by atoms with Crippen molar-refractivity contribution in [3.63, 3.8) is 0 Å². The number of halogens is 1. The van der Waals surface area contributed by atoms with E-state index >= 15 is 0 Å². The number of hydrogen-bond acceptors (Lipinski definition) is 5. The first-order valence-electron chi connectivity index (χ1n) is 8.94. The molecule has 0 fully saturated rings. The first kappa shape index (κ1) is 18.0. The fraction of sp³-hybridized carbons (Fsp3) is 0.250. The molecule has 0 saturated carbocycles. The van der Waals surface area contributed by atoms with Crippen LogP contribution in [0.2, 0.25) is 0 Å². The predicted molar refractivity (Wildman–Crippen MR) is 103 cm³/mol. The quantitative estimate of drug-likeness (QED) is 0.726. The second kappa shape index (κ2) is 7.30. The van der Waals surface area contributed by atoms with Crippen LogP contribution in [0.15, 0.2) is 54.9 Å². The molecule has 0 radical (unpaired) electrons. The second-order valence-electron chi connectivity index (χ2n) is 6.64. The van der Waals surface area contributed by atoms with Gasteiger partial charge in [0.05, 0.1) is 24.8 Å². The van der Waals surface area contributed by atoms with E-state index in [2.05, 4.69) is 20.7 Å². The molecule has 4 rings (SSSR count). The number of fused-ring (bicyclic) bond motifs is 1. The Kier molecular flexibility index (Phi) is 4.68. The van der Waals surface area contributed by atoms with E-state index in [1.807, 2.05) is 19.1 Å². The van der Waals surface area contributed by atoms with Crippen LogP contribution in [0.1, 0.15) is 18.5 Å². The number of aromatic nitrogens is 3. The van der Waals surface area contributed by atoms with Crippen LogP contribution in [0.5, 0.6) is 5.75 Å². The Morgan fingerprint density at radius 2 is 1.96 bits per heavy atom. The Bertz CT molecular complexity index is 1010. The number of ether oxygens (including phenoxy) is 1. The van der Waals surface area contributed by atoms with Gasteiger partial charge in [0.2, 0.25) is 11.9 Å². The minimum Gasteiger partial charge on any atom is -0.495 e. The second-order valence-corrected chi connectivity index (χ2v) is 6.64. The largest absolute Gasteiger partial charge is 0.495 e. The van der Waals surface area contributed by atoms with Gasteiger partial charge in [-0.15, -0.1) is 0 Å². The normalized spacial score (nSPS) is 20.8. The Morgan fingerprint density at radius 1 is 1.21 bits per heavy atom. The highest BCUT2D eigenvalue weighted by Crippen LogP contribution is 2.38. The first-order chi connectivity index (χ1) is 13.6. The minimum atomic E-state index is -0.635. The Morgan fingerprint density at radius 3 is 2.75 bits per heavy atom. The Balaban J connectivity index is 1.75. The molecule has 0 saturated heterocycles. The third-order valence-corrected chi connectivity index (χ3v) is 4.96. The molecule has 144 valence electrons. The van der Waals surface area contributed by atoms with E-state index in [0.717, 1.165) is 0 Å². The van der Waals surface area contributed by atoms with Crippen molar-refractivity contribution in [1.82, 2.24) is 14.8 Å². The summed E-state index contributed by atoms with van der Waals surface area (Å²) in [6, 6.07) is 12.7. The van der Waals surface area contributed by atoms with Crippen molar-refractivity contribution in [1.29, 1.82) is 0 Å². The van der Waals surface area contributed by atoms with Gasteiger partial charge in [0.25, 0.3) is 0 Å². The zero-order chi connectivity index (χ0) is 19.7. The monoisotopic (exact) mass is 381 g/mol. The number of anilines is 2. The van der Waals surface area contributed by atoms with Gasteiger partial charge in [0, 0.05) is 11.6 Å². The molecule has 2 aromatic carbocycles. The molecule has 28 heavy (non-hydrogen) atoms. The van der Waals surface area contributed by atoms with E-state index < -0.39 is 17.8 Å². The van der Waals surface area contributed by atoms with Gasteiger partial charge in [0.15, 0.2) is 0 Å². The van der Waals surface area contributed by atoms with Crippen LogP contribution < -0.4 is 15.4 Å². The molecule has 3 aromatic rings. The molecule has 2 heterocycles. The van der Waals surface area contributed by atoms with Crippen LogP contribution in [0.25, 0.3) is 0 Å². The highest BCUT2D eigenvalue weighted by atomic mass is 19.1. The summed E-state index contributed by atoms with van der Waals surface area (Å²) in [6.45, 7) is 1.87. The summed E-state index contributed by atoms with van der Waals surface area (Å²) in [5.74, 6) is -0.230. The van der Waals surface area contributed by atoms with Crippen LogP contribution in [0.3, 0.4) is 0 Å². The van der Waals surface area contributed by atoms with Gasteiger partial charge in [-0.3, -0.25) is 4.79 Å². The van der Waals surface area contributed by atoms with Crippen molar-refractivity contribution in [3.8, 4) is 5.75 Å². The summed E-state index contributed by atoms with van der Waals surface area (Å²) in [5.41, 5.74) is 0.946. The fourth-order valence-electron chi connectivity index (χ4n) is 3.65. The first-order valence-corrected chi connectivity index (χ1v) is 8.94. The maximum atomic E-state index is 14.7. The third-order valence-electron chi connectivity index (χ3n) is 4.96. The molecule has 2 N–H and O–H groups in total. The number of para-hydroxylation sites is 2. The predicted octanol–water partition coefficient (Wildman–Crippen LogP) is 3.08. The van der Waals surface area contributed by atoms with Crippen LogP contribution in [-0.4, -0.2) is 33.8 Å². The average molecular weight is 381 g/mol. The van der Waals surface area contributed by atoms with Crippen LogP contribution in [0.4, 0.5) is 16.0 Å². The lowest BCUT2D eigenvalue weighted by Crippen LogP contribution is -2.47. The van der Waals surface area contributed by atoms with Gasteiger partial charge in [-0.05, 0) is 25.1 Å². The molecule has 1 amide bonds. The van der Waals surface area contributed by atoms with Gasteiger partial charge < -0.3 is 15.4 Å². The molecule has 7 nitrogen and oxygen atoms in total. The number of nitrogens with one attached hydrogen (secondary N) is 2. The van der Waals surface area contributed by atoms with E-state index in [1.165, 1.54) is 12.4 Å². The van der Waals surface area contributed by atoms with E-state index in [9.17, 15) is 9.18 Å². The van der Waals surface area contributed by atoms with Gasteiger partial charge in [-0.2, -0.15) is 10.1 Å². The highest BCUT2D eigenvalue weighted by Gasteiger charge is 2.42. The molecule has 8 heteroatoms. The fourth-order valence-corrected chi connectivity index (χ4v) is 3.65. The summed E-state index contributed by atoms with van der Waals surface area (Å²) in [7, 11) is 1.54. The maximum Gasteiger partial charge on any atom is 0.232 e. The molecular weight excluding hydrogens is 361 g/mol.